The number of rotatable bonds is 8. The molecule has 0 bridgehead atoms. The molecule has 1 atom stereocenters. The zero-order chi connectivity index (χ0) is 21.8. The van der Waals surface area contributed by atoms with Crippen LogP contribution in [0.3, 0.4) is 0 Å². The standard InChI is InChI=1S/C19H24F3N5O2/c1-10(2)13(20)9-29-15-8-23-16(25-12(4)28)7-14(15)26-17-6-11(3)24-18(27-17)19(5,21)22/h6-8,10,13H,9H2,1-5H3,(H2,23,24,25,26,27,28)/t13-/m0/s1. The van der Waals surface area contributed by atoms with Crippen molar-refractivity contribution >= 4 is 23.2 Å². The van der Waals surface area contributed by atoms with Crippen molar-refractivity contribution in [1.29, 1.82) is 0 Å². The van der Waals surface area contributed by atoms with Crippen LogP contribution in [0.4, 0.5) is 30.5 Å². The second-order valence-electron chi connectivity index (χ2n) is 7.05. The SMILES string of the molecule is CC(=O)Nc1cc(Nc2cc(C)nc(C(C)(F)F)n2)c(OC[C@H](F)C(C)C)cn1. The average molecular weight is 411 g/mol. The summed E-state index contributed by atoms with van der Waals surface area (Å²) in [6.07, 6.45) is 0.105. The molecule has 7 nitrogen and oxygen atoms in total. The second kappa shape index (κ2) is 9.06. The number of hydrogen-bond acceptors (Lipinski definition) is 6. The summed E-state index contributed by atoms with van der Waals surface area (Å²) in [7, 11) is 0. The number of nitrogens with one attached hydrogen (secondary N) is 2. The van der Waals surface area contributed by atoms with Crippen LogP contribution >= 0.6 is 0 Å². The van der Waals surface area contributed by atoms with Gasteiger partial charge in [0.05, 0.1) is 11.9 Å². The molecule has 0 saturated carbocycles. The highest BCUT2D eigenvalue weighted by Gasteiger charge is 2.29. The van der Waals surface area contributed by atoms with E-state index in [1.807, 2.05) is 0 Å². The third kappa shape index (κ3) is 6.58. The summed E-state index contributed by atoms with van der Waals surface area (Å²) in [4.78, 5) is 22.9. The van der Waals surface area contributed by atoms with Crippen molar-refractivity contribution in [2.45, 2.75) is 46.7 Å². The molecule has 0 saturated heterocycles. The first-order valence-electron chi connectivity index (χ1n) is 9.01. The van der Waals surface area contributed by atoms with Crippen LogP contribution in [0.1, 0.15) is 39.2 Å². The van der Waals surface area contributed by atoms with Crippen LogP contribution in [0.5, 0.6) is 5.75 Å². The molecule has 2 N–H and O–H groups in total. The molecule has 2 rings (SSSR count). The van der Waals surface area contributed by atoms with E-state index >= 15 is 0 Å². The third-order valence-corrected chi connectivity index (χ3v) is 3.80. The van der Waals surface area contributed by atoms with E-state index in [0.717, 1.165) is 0 Å². The molecule has 0 aliphatic carbocycles. The number of carbonyl (C=O) groups excluding carboxylic acids is 1. The number of halogens is 3. The highest BCUT2D eigenvalue weighted by molar-refractivity contribution is 5.88. The number of pyridine rings is 1. The van der Waals surface area contributed by atoms with Gasteiger partial charge in [-0.1, -0.05) is 13.8 Å². The molecular formula is C19H24F3N5O2. The molecular weight excluding hydrogens is 387 g/mol. The Morgan fingerprint density at radius 2 is 1.93 bits per heavy atom. The fourth-order valence-electron chi connectivity index (χ4n) is 2.23. The molecule has 0 aliphatic heterocycles. The van der Waals surface area contributed by atoms with Gasteiger partial charge in [-0.2, -0.15) is 8.78 Å². The molecule has 0 radical (unpaired) electrons. The molecule has 2 aromatic heterocycles. The van der Waals surface area contributed by atoms with Crippen molar-refractivity contribution in [2.24, 2.45) is 5.92 Å². The zero-order valence-corrected chi connectivity index (χ0v) is 16.9. The maximum Gasteiger partial charge on any atom is 0.303 e. The number of hydrogen-bond donors (Lipinski definition) is 2. The van der Waals surface area contributed by atoms with E-state index in [0.29, 0.717) is 12.6 Å². The predicted molar refractivity (Wildman–Crippen MR) is 103 cm³/mol. The molecule has 158 valence electrons. The van der Waals surface area contributed by atoms with Crippen molar-refractivity contribution in [3.63, 3.8) is 0 Å². The number of ether oxygens (including phenoxy) is 1. The summed E-state index contributed by atoms with van der Waals surface area (Å²) in [5.41, 5.74) is 0.615. The lowest BCUT2D eigenvalue weighted by Gasteiger charge is -2.17. The fraction of sp³-hybridized carbons (Fsp3) is 0.474. The summed E-state index contributed by atoms with van der Waals surface area (Å²) in [6.45, 7) is 6.82. The normalized spacial score (nSPS) is 12.6. The van der Waals surface area contributed by atoms with Gasteiger partial charge < -0.3 is 15.4 Å². The molecule has 0 spiro atoms. The molecule has 2 heterocycles. The van der Waals surface area contributed by atoms with Gasteiger partial charge >= 0.3 is 5.92 Å². The van der Waals surface area contributed by atoms with E-state index in [4.69, 9.17) is 4.74 Å². The monoisotopic (exact) mass is 411 g/mol. The Morgan fingerprint density at radius 3 is 2.52 bits per heavy atom. The van der Waals surface area contributed by atoms with Crippen molar-refractivity contribution in [1.82, 2.24) is 15.0 Å². The van der Waals surface area contributed by atoms with Crippen molar-refractivity contribution in [2.75, 3.05) is 17.2 Å². The van der Waals surface area contributed by atoms with Gasteiger partial charge in [0.15, 0.2) is 5.75 Å². The summed E-state index contributed by atoms with van der Waals surface area (Å²) >= 11 is 0. The Bertz CT molecular complexity index is 871. The van der Waals surface area contributed by atoms with Gasteiger partial charge in [0, 0.05) is 31.7 Å². The van der Waals surface area contributed by atoms with Crippen LogP contribution in [0.2, 0.25) is 0 Å². The van der Waals surface area contributed by atoms with Crippen LogP contribution < -0.4 is 15.4 Å². The first kappa shape index (κ1) is 22.4. The van der Waals surface area contributed by atoms with Crippen molar-refractivity contribution < 1.29 is 22.7 Å². The number of aryl methyl sites for hydroxylation is 1. The summed E-state index contributed by atoms with van der Waals surface area (Å²) < 4.78 is 46.7. The Hall–Kier alpha value is -2.91. The van der Waals surface area contributed by atoms with Gasteiger partial charge in [-0.3, -0.25) is 4.79 Å². The van der Waals surface area contributed by atoms with Crippen LogP contribution in [-0.2, 0) is 10.7 Å². The van der Waals surface area contributed by atoms with E-state index in [9.17, 15) is 18.0 Å². The summed E-state index contributed by atoms with van der Waals surface area (Å²) in [5.74, 6) is -3.95. The van der Waals surface area contributed by atoms with Crippen LogP contribution in [0, 0.1) is 12.8 Å². The number of alkyl halides is 3. The summed E-state index contributed by atoms with van der Waals surface area (Å²) in [5, 5.41) is 5.39. The minimum Gasteiger partial charge on any atom is -0.487 e. The van der Waals surface area contributed by atoms with Gasteiger partial charge in [0.2, 0.25) is 11.7 Å². The van der Waals surface area contributed by atoms with Crippen LogP contribution in [-0.4, -0.2) is 33.6 Å². The lowest BCUT2D eigenvalue weighted by atomic mass is 10.1. The minimum atomic E-state index is -3.22. The van der Waals surface area contributed by atoms with E-state index in [2.05, 4.69) is 25.6 Å². The molecule has 0 unspecified atom stereocenters. The van der Waals surface area contributed by atoms with Gasteiger partial charge in [0.25, 0.3) is 0 Å². The number of anilines is 3. The average Bonchev–Trinajstić information content (AvgIpc) is 2.59. The molecule has 0 aliphatic rings. The maximum absolute atomic E-state index is 13.9. The van der Waals surface area contributed by atoms with E-state index in [1.54, 1.807) is 20.8 Å². The molecule has 0 fully saturated rings. The fourth-order valence-corrected chi connectivity index (χ4v) is 2.23. The van der Waals surface area contributed by atoms with Crippen molar-refractivity contribution in [3.05, 3.63) is 29.8 Å². The van der Waals surface area contributed by atoms with E-state index in [-0.39, 0.29) is 41.5 Å². The van der Waals surface area contributed by atoms with Gasteiger partial charge in [-0.05, 0) is 12.8 Å². The molecule has 29 heavy (non-hydrogen) atoms. The second-order valence-corrected chi connectivity index (χ2v) is 7.05. The third-order valence-electron chi connectivity index (χ3n) is 3.80. The van der Waals surface area contributed by atoms with E-state index in [1.165, 1.54) is 25.3 Å². The lowest BCUT2D eigenvalue weighted by molar-refractivity contribution is -0.114. The quantitative estimate of drug-likeness (QED) is 0.671. The van der Waals surface area contributed by atoms with Crippen LogP contribution in [0.15, 0.2) is 18.3 Å². The van der Waals surface area contributed by atoms with Crippen molar-refractivity contribution in [3.8, 4) is 5.75 Å². The Kier molecular flexibility index (Phi) is 6.99. The largest absolute Gasteiger partial charge is 0.487 e. The maximum atomic E-state index is 13.9. The van der Waals surface area contributed by atoms with Crippen LogP contribution in [0.25, 0.3) is 0 Å². The molecule has 2 aromatic rings. The number of amides is 1. The van der Waals surface area contributed by atoms with Gasteiger partial charge in [-0.15, -0.1) is 0 Å². The minimum absolute atomic E-state index is 0.0968. The Balaban J connectivity index is 2.37. The first-order valence-corrected chi connectivity index (χ1v) is 9.01. The number of nitrogens with zero attached hydrogens (tertiary/aromatic N) is 3. The number of aromatic nitrogens is 3. The molecule has 1 amide bonds. The highest BCUT2D eigenvalue weighted by Crippen LogP contribution is 2.31. The van der Waals surface area contributed by atoms with Gasteiger partial charge in [-0.25, -0.2) is 19.3 Å². The topological polar surface area (TPSA) is 89.0 Å². The lowest BCUT2D eigenvalue weighted by Crippen LogP contribution is -2.19. The smallest absolute Gasteiger partial charge is 0.303 e. The zero-order valence-electron chi connectivity index (χ0n) is 16.9. The predicted octanol–water partition coefficient (Wildman–Crippen LogP) is 4.37. The Morgan fingerprint density at radius 1 is 1.24 bits per heavy atom. The highest BCUT2D eigenvalue weighted by atomic mass is 19.3. The molecule has 0 aromatic carbocycles. The van der Waals surface area contributed by atoms with E-state index < -0.39 is 17.9 Å². The summed E-state index contributed by atoms with van der Waals surface area (Å²) in [6, 6.07) is 2.92. The van der Waals surface area contributed by atoms with Gasteiger partial charge in [0.1, 0.15) is 24.4 Å². The first-order chi connectivity index (χ1) is 13.5. The molecule has 10 heteroatoms. The Labute approximate surface area is 167 Å². The number of carbonyl (C=O) groups is 1.